The summed E-state index contributed by atoms with van der Waals surface area (Å²) in [4.78, 5) is 26.6. The minimum absolute atomic E-state index is 0.0278. The van der Waals surface area contributed by atoms with Gasteiger partial charge in [0.05, 0.1) is 6.42 Å². The number of rotatable bonds is 5. The van der Waals surface area contributed by atoms with Gasteiger partial charge in [0.2, 0.25) is 16.9 Å². The summed E-state index contributed by atoms with van der Waals surface area (Å²) in [6, 6.07) is 13.5. The molecule has 1 aliphatic rings. The van der Waals surface area contributed by atoms with Gasteiger partial charge in [-0.3, -0.25) is 9.59 Å². The van der Waals surface area contributed by atoms with Crippen molar-refractivity contribution in [2.24, 2.45) is 0 Å². The van der Waals surface area contributed by atoms with E-state index in [2.05, 4.69) is 15.5 Å². The Morgan fingerprint density at radius 2 is 1.97 bits per heavy atom. The smallest absolute Gasteiger partial charge is 0.230 e. The zero-order chi connectivity index (χ0) is 21.3. The van der Waals surface area contributed by atoms with Crippen molar-refractivity contribution >= 4 is 45.6 Å². The van der Waals surface area contributed by atoms with Crippen molar-refractivity contribution in [3.05, 3.63) is 69.2 Å². The summed E-state index contributed by atoms with van der Waals surface area (Å²) in [6.45, 7) is 4.45. The number of amides is 2. The quantitative estimate of drug-likeness (QED) is 0.633. The third-order valence-electron chi connectivity index (χ3n) is 5.11. The largest absolute Gasteiger partial charge is 0.312 e. The summed E-state index contributed by atoms with van der Waals surface area (Å²) in [5.74, 6) is -0.169. The van der Waals surface area contributed by atoms with E-state index in [0.29, 0.717) is 23.1 Å². The van der Waals surface area contributed by atoms with Crippen molar-refractivity contribution in [1.29, 1.82) is 0 Å². The highest BCUT2D eigenvalue weighted by molar-refractivity contribution is 7.15. The average Bonchev–Trinajstić information content (AvgIpc) is 3.32. The topological polar surface area (TPSA) is 75.2 Å². The Kier molecular flexibility index (Phi) is 5.83. The molecule has 1 aromatic heterocycles. The number of hydrogen-bond acceptors (Lipinski definition) is 5. The van der Waals surface area contributed by atoms with Crippen molar-refractivity contribution in [1.82, 2.24) is 10.2 Å². The molecule has 1 atom stereocenters. The number of nitrogens with zero attached hydrogens (tertiary/aromatic N) is 3. The maximum atomic E-state index is 12.5. The molecule has 6 nitrogen and oxygen atoms in total. The Morgan fingerprint density at radius 1 is 1.20 bits per heavy atom. The minimum Gasteiger partial charge on any atom is -0.312 e. The van der Waals surface area contributed by atoms with E-state index in [1.165, 1.54) is 11.3 Å². The Hall–Kier alpha value is -2.77. The van der Waals surface area contributed by atoms with Gasteiger partial charge in [-0.1, -0.05) is 58.8 Å². The lowest BCUT2D eigenvalue weighted by Gasteiger charge is -2.17. The third kappa shape index (κ3) is 4.52. The molecule has 2 amide bonds. The first-order chi connectivity index (χ1) is 14.4. The number of hydrogen-bond donors (Lipinski definition) is 1. The van der Waals surface area contributed by atoms with Gasteiger partial charge in [-0.15, -0.1) is 10.2 Å². The van der Waals surface area contributed by atoms with Crippen LogP contribution < -0.4 is 10.2 Å². The Balaban J connectivity index is 1.40. The molecule has 0 radical (unpaired) electrons. The Morgan fingerprint density at radius 3 is 2.70 bits per heavy atom. The summed E-state index contributed by atoms with van der Waals surface area (Å²) in [5.41, 5.74) is 3.85. The van der Waals surface area contributed by atoms with Crippen molar-refractivity contribution in [2.75, 3.05) is 16.8 Å². The van der Waals surface area contributed by atoms with E-state index in [4.69, 9.17) is 11.6 Å². The highest BCUT2D eigenvalue weighted by atomic mass is 35.5. The molecule has 8 heteroatoms. The summed E-state index contributed by atoms with van der Waals surface area (Å²) in [5, 5.41) is 12.9. The third-order valence-corrected chi connectivity index (χ3v) is 6.52. The number of halogens is 1. The highest BCUT2D eigenvalue weighted by Gasteiger charge is 2.34. The van der Waals surface area contributed by atoms with Crippen LogP contribution in [0.5, 0.6) is 0 Å². The van der Waals surface area contributed by atoms with Gasteiger partial charge in [-0.25, -0.2) is 0 Å². The van der Waals surface area contributed by atoms with Crippen molar-refractivity contribution in [2.45, 2.75) is 32.6 Å². The first-order valence-electron chi connectivity index (χ1n) is 9.64. The second kappa shape index (κ2) is 8.53. The molecular weight excluding hydrogens is 420 g/mol. The minimum atomic E-state index is -0.139. The Bertz CT molecular complexity index is 1100. The molecule has 0 bridgehead atoms. The molecule has 2 heterocycles. The van der Waals surface area contributed by atoms with E-state index in [1.54, 1.807) is 4.90 Å². The van der Waals surface area contributed by atoms with E-state index in [1.807, 2.05) is 56.3 Å². The van der Waals surface area contributed by atoms with Crippen LogP contribution in [0, 0.1) is 13.8 Å². The molecule has 1 fully saturated rings. The number of aryl methyl sites for hydroxylation is 2. The van der Waals surface area contributed by atoms with Crippen LogP contribution in [0.25, 0.3) is 0 Å². The van der Waals surface area contributed by atoms with Gasteiger partial charge < -0.3 is 10.2 Å². The predicted octanol–water partition coefficient (Wildman–Crippen LogP) is 4.51. The van der Waals surface area contributed by atoms with Crippen LogP contribution in [0.3, 0.4) is 0 Å². The van der Waals surface area contributed by atoms with Crippen molar-refractivity contribution in [3.8, 4) is 0 Å². The maximum Gasteiger partial charge on any atom is 0.230 e. The first-order valence-corrected chi connectivity index (χ1v) is 10.8. The van der Waals surface area contributed by atoms with Crippen molar-refractivity contribution < 1.29 is 9.59 Å². The fourth-order valence-electron chi connectivity index (χ4n) is 3.38. The SMILES string of the molecule is Cc1ccc(CC(=O)Nc2nnc([C@@H]3CC(=O)N(c4ccc(C)c(Cl)c4)C3)s2)cc1. The van der Waals surface area contributed by atoms with Gasteiger partial charge in [-0.05, 0) is 37.1 Å². The normalized spacial score (nSPS) is 16.2. The molecule has 1 saturated heterocycles. The maximum absolute atomic E-state index is 12.5. The number of carbonyl (C=O) groups excluding carboxylic acids is 2. The lowest BCUT2D eigenvalue weighted by Crippen LogP contribution is -2.24. The number of aromatic nitrogens is 2. The van der Waals surface area contributed by atoms with E-state index < -0.39 is 0 Å². The lowest BCUT2D eigenvalue weighted by molar-refractivity contribution is -0.117. The van der Waals surface area contributed by atoms with Gasteiger partial charge in [0.15, 0.2) is 0 Å². The zero-order valence-corrected chi connectivity index (χ0v) is 18.3. The zero-order valence-electron chi connectivity index (χ0n) is 16.7. The average molecular weight is 441 g/mol. The fraction of sp³-hybridized carbons (Fsp3) is 0.273. The van der Waals surface area contributed by atoms with Gasteiger partial charge >= 0.3 is 0 Å². The standard InChI is InChI=1S/C22H21ClN4O2S/c1-13-3-6-15(7-4-13)9-19(28)24-22-26-25-21(30-22)16-10-20(29)27(12-16)17-8-5-14(2)18(23)11-17/h3-8,11,16H,9-10,12H2,1-2H3,(H,24,26,28)/t16-/m1/s1. The number of nitrogens with one attached hydrogen (secondary N) is 1. The van der Waals surface area contributed by atoms with Gasteiger partial charge in [0, 0.05) is 29.6 Å². The predicted molar refractivity (Wildman–Crippen MR) is 119 cm³/mol. The van der Waals surface area contributed by atoms with Crippen LogP contribution in [-0.4, -0.2) is 28.6 Å². The molecule has 0 spiro atoms. The van der Waals surface area contributed by atoms with E-state index in [0.717, 1.165) is 27.4 Å². The molecule has 0 saturated carbocycles. The van der Waals surface area contributed by atoms with E-state index in [-0.39, 0.29) is 24.2 Å². The van der Waals surface area contributed by atoms with Crippen LogP contribution in [0.4, 0.5) is 10.8 Å². The fourth-order valence-corrected chi connectivity index (χ4v) is 4.40. The first kappa shape index (κ1) is 20.5. The molecule has 4 rings (SSSR count). The molecule has 3 aromatic rings. The highest BCUT2D eigenvalue weighted by Crippen LogP contribution is 2.35. The van der Waals surface area contributed by atoms with Gasteiger partial charge in [-0.2, -0.15) is 0 Å². The van der Waals surface area contributed by atoms with Crippen LogP contribution in [-0.2, 0) is 16.0 Å². The second-order valence-electron chi connectivity index (χ2n) is 7.49. The molecule has 2 aromatic carbocycles. The molecular formula is C22H21ClN4O2S. The van der Waals surface area contributed by atoms with Gasteiger partial charge in [0.25, 0.3) is 0 Å². The summed E-state index contributed by atoms with van der Waals surface area (Å²) in [7, 11) is 0. The Labute approximate surface area is 183 Å². The number of carbonyl (C=O) groups is 2. The van der Waals surface area contributed by atoms with Crippen LogP contribution in [0.15, 0.2) is 42.5 Å². The van der Waals surface area contributed by atoms with Crippen LogP contribution in [0.2, 0.25) is 5.02 Å². The summed E-state index contributed by atoms with van der Waals surface area (Å²) in [6.07, 6.45) is 0.635. The van der Waals surface area contributed by atoms with Crippen LogP contribution >= 0.6 is 22.9 Å². The monoisotopic (exact) mass is 440 g/mol. The molecule has 0 aliphatic carbocycles. The lowest BCUT2D eigenvalue weighted by atomic mass is 10.1. The van der Waals surface area contributed by atoms with E-state index >= 15 is 0 Å². The molecule has 1 aliphatic heterocycles. The van der Waals surface area contributed by atoms with Crippen molar-refractivity contribution in [3.63, 3.8) is 0 Å². The summed E-state index contributed by atoms with van der Waals surface area (Å²) >= 11 is 7.53. The van der Waals surface area contributed by atoms with Crippen LogP contribution in [0.1, 0.15) is 34.0 Å². The molecule has 30 heavy (non-hydrogen) atoms. The second-order valence-corrected chi connectivity index (χ2v) is 8.91. The van der Waals surface area contributed by atoms with E-state index in [9.17, 15) is 9.59 Å². The molecule has 1 N–H and O–H groups in total. The number of anilines is 2. The molecule has 154 valence electrons. The summed E-state index contributed by atoms with van der Waals surface area (Å²) < 4.78 is 0. The number of benzene rings is 2. The van der Waals surface area contributed by atoms with Gasteiger partial charge in [0.1, 0.15) is 5.01 Å². The molecule has 0 unspecified atom stereocenters.